The Labute approximate surface area is 221 Å². The first-order valence-corrected chi connectivity index (χ1v) is 12.6. The number of halogens is 1. The Kier molecular flexibility index (Phi) is 7.50. The van der Waals surface area contributed by atoms with Gasteiger partial charge in [-0.25, -0.2) is 4.39 Å². The number of hydrogen-bond acceptors (Lipinski definition) is 4. The Balaban J connectivity index is 1.27. The third kappa shape index (κ3) is 5.44. The lowest BCUT2D eigenvalue weighted by molar-refractivity contribution is -0.141. The molecule has 4 aromatic carbocycles. The standard InChI is InChI=1S/C32H28FNO4/c1-37-30(35)20-19-29-31(34(32(29)36)27-15-13-26(33)14-16-27)25-11-17-28(18-12-25)38-21-22-7-9-24(10-8-22)23-5-3-2-4-6-23/h2-18,29,31H,19-21H2,1H3. The van der Waals surface area contributed by atoms with Gasteiger partial charge in [0.25, 0.3) is 0 Å². The minimum absolute atomic E-state index is 0.0928. The van der Waals surface area contributed by atoms with E-state index < -0.39 is 0 Å². The van der Waals surface area contributed by atoms with Crippen LogP contribution in [0.4, 0.5) is 10.1 Å². The summed E-state index contributed by atoms with van der Waals surface area (Å²) >= 11 is 0. The van der Waals surface area contributed by atoms with Gasteiger partial charge < -0.3 is 14.4 Å². The van der Waals surface area contributed by atoms with E-state index in [2.05, 4.69) is 36.4 Å². The predicted molar refractivity (Wildman–Crippen MR) is 144 cm³/mol. The lowest BCUT2D eigenvalue weighted by atomic mass is 9.79. The molecule has 5 rings (SSSR count). The molecule has 0 bridgehead atoms. The fourth-order valence-electron chi connectivity index (χ4n) is 4.83. The van der Waals surface area contributed by atoms with E-state index in [0.717, 1.165) is 16.7 Å². The number of anilines is 1. The molecule has 1 aliphatic rings. The monoisotopic (exact) mass is 509 g/mol. The van der Waals surface area contributed by atoms with E-state index in [-0.39, 0.29) is 36.1 Å². The molecular weight excluding hydrogens is 481 g/mol. The number of amides is 1. The Morgan fingerprint density at radius 2 is 1.50 bits per heavy atom. The number of hydrogen-bond donors (Lipinski definition) is 0. The second kappa shape index (κ2) is 11.3. The van der Waals surface area contributed by atoms with Crippen LogP contribution < -0.4 is 9.64 Å². The van der Waals surface area contributed by atoms with Crippen LogP contribution in [-0.2, 0) is 20.9 Å². The summed E-state index contributed by atoms with van der Waals surface area (Å²) < 4.78 is 24.2. The molecule has 2 unspecified atom stereocenters. The highest BCUT2D eigenvalue weighted by atomic mass is 19.1. The normalized spacial score (nSPS) is 16.6. The molecule has 4 aromatic rings. The van der Waals surface area contributed by atoms with Crippen LogP contribution in [0, 0.1) is 11.7 Å². The quantitative estimate of drug-likeness (QED) is 0.185. The highest BCUT2D eigenvalue weighted by Crippen LogP contribution is 2.45. The van der Waals surface area contributed by atoms with Crippen LogP contribution >= 0.6 is 0 Å². The second-order valence-electron chi connectivity index (χ2n) is 9.27. The topological polar surface area (TPSA) is 55.8 Å². The van der Waals surface area contributed by atoms with E-state index in [1.807, 2.05) is 42.5 Å². The number of methoxy groups -OCH3 is 1. The largest absolute Gasteiger partial charge is 0.489 e. The average Bonchev–Trinajstić information content (AvgIpc) is 2.96. The number of β-lactam (4-membered cyclic amide) rings is 1. The van der Waals surface area contributed by atoms with Gasteiger partial charge in [-0.15, -0.1) is 0 Å². The van der Waals surface area contributed by atoms with Gasteiger partial charge in [-0.1, -0.05) is 66.7 Å². The van der Waals surface area contributed by atoms with Crippen LogP contribution in [0.15, 0.2) is 103 Å². The molecule has 0 aromatic heterocycles. The summed E-state index contributed by atoms with van der Waals surface area (Å²) in [7, 11) is 1.34. The molecule has 192 valence electrons. The lowest BCUT2D eigenvalue weighted by Crippen LogP contribution is -2.55. The summed E-state index contributed by atoms with van der Waals surface area (Å²) in [6.07, 6.45) is 0.538. The van der Waals surface area contributed by atoms with Crippen LogP contribution in [0.3, 0.4) is 0 Å². The van der Waals surface area contributed by atoms with Gasteiger partial charge in [-0.2, -0.15) is 0 Å². The van der Waals surface area contributed by atoms with Gasteiger partial charge in [0, 0.05) is 12.1 Å². The molecule has 0 spiro atoms. The molecule has 5 nitrogen and oxygen atoms in total. The van der Waals surface area contributed by atoms with Crippen LogP contribution in [0.25, 0.3) is 11.1 Å². The summed E-state index contributed by atoms with van der Waals surface area (Å²) in [4.78, 5) is 26.4. The smallest absolute Gasteiger partial charge is 0.305 e. The maximum Gasteiger partial charge on any atom is 0.305 e. The molecule has 1 aliphatic heterocycles. The molecule has 2 atom stereocenters. The zero-order valence-electron chi connectivity index (χ0n) is 21.0. The van der Waals surface area contributed by atoms with Gasteiger partial charge in [0.15, 0.2) is 0 Å². The average molecular weight is 510 g/mol. The maximum absolute atomic E-state index is 13.5. The third-order valence-corrected chi connectivity index (χ3v) is 6.89. The van der Waals surface area contributed by atoms with Gasteiger partial charge in [-0.3, -0.25) is 9.59 Å². The van der Waals surface area contributed by atoms with Crippen LogP contribution in [0.1, 0.15) is 30.0 Å². The van der Waals surface area contributed by atoms with Crippen LogP contribution in [-0.4, -0.2) is 19.0 Å². The number of carbonyl (C=O) groups excluding carboxylic acids is 2. The minimum Gasteiger partial charge on any atom is -0.489 e. The van der Waals surface area contributed by atoms with E-state index >= 15 is 0 Å². The number of rotatable bonds is 9. The fourth-order valence-corrected chi connectivity index (χ4v) is 4.83. The SMILES string of the molecule is COC(=O)CCC1C(=O)N(c2ccc(F)cc2)C1c1ccc(OCc2ccc(-c3ccccc3)cc2)cc1. The first-order chi connectivity index (χ1) is 18.5. The highest BCUT2D eigenvalue weighted by Gasteiger charge is 2.48. The van der Waals surface area contributed by atoms with Crippen LogP contribution in [0.2, 0.25) is 0 Å². The van der Waals surface area contributed by atoms with Gasteiger partial charge in [0.05, 0.1) is 19.1 Å². The maximum atomic E-state index is 13.5. The van der Waals surface area contributed by atoms with E-state index in [0.29, 0.717) is 24.5 Å². The Morgan fingerprint density at radius 3 is 2.16 bits per heavy atom. The molecule has 0 aliphatic carbocycles. The number of ether oxygens (including phenoxy) is 2. The van der Waals surface area contributed by atoms with E-state index in [9.17, 15) is 14.0 Å². The third-order valence-electron chi connectivity index (χ3n) is 6.89. The highest BCUT2D eigenvalue weighted by molar-refractivity contribution is 6.03. The van der Waals surface area contributed by atoms with Crippen molar-refractivity contribution in [2.75, 3.05) is 12.0 Å². The Bertz CT molecular complexity index is 1390. The van der Waals surface area contributed by atoms with Gasteiger partial charge in [0.1, 0.15) is 18.2 Å². The van der Waals surface area contributed by atoms with Crippen molar-refractivity contribution < 1.29 is 23.5 Å². The molecule has 0 saturated carbocycles. The number of nitrogens with zero attached hydrogens (tertiary/aromatic N) is 1. The van der Waals surface area contributed by atoms with E-state index in [4.69, 9.17) is 9.47 Å². The fraction of sp³-hybridized carbons (Fsp3) is 0.188. The van der Waals surface area contributed by atoms with Crippen molar-refractivity contribution >= 4 is 17.6 Å². The first kappa shape index (κ1) is 25.2. The van der Waals surface area contributed by atoms with Crippen molar-refractivity contribution in [3.8, 4) is 16.9 Å². The summed E-state index contributed by atoms with van der Waals surface area (Å²) in [6, 6.07) is 31.8. The lowest BCUT2D eigenvalue weighted by Gasteiger charge is -2.47. The van der Waals surface area contributed by atoms with Crippen LogP contribution in [0.5, 0.6) is 5.75 Å². The Morgan fingerprint density at radius 1 is 0.842 bits per heavy atom. The van der Waals surface area contributed by atoms with E-state index in [1.54, 1.807) is 17.0 Å². The van der Waals surface area contributed by atoms with Gasteiger partial charge in [0.2, 0.25) is 5.91 Å². The molecule has 6 heteroatoms. The summed E-state index contributed by atoms with van der Waals surface area (Å²) in [5, 5.41) is 0. The molecule has 1 saturated heterocycles. The molecule has 1 fully saturated rings. The van der Waals surface area contributed by atoms with Crippen molar-refractivity contribution in [1.82, 2.24) is 0 Å². The second-order valence-corrected chi connectivity index (χ2v) is 9.27. The zero-order valence-corrected chi connectivity index (χ0v) is 21.0. The Hall–Kier alpha value is -4.45. The zero-order chi connectivity index (χ0) is 26.5. The molecule has 38 heavy (non-hydrogen) atoms. The van der Waals surface area contributed by atoms with Crippen molar-refractivity contribution in [2.24, 2.45) is 5.92 Å². The number of benzene rings is 4. The summed E-state index contributed by atoms with van der Waals surface area (Å²) in [5.74, 6) is -0.459. The summed E-state index contributed by atoms with van der Waals surface area (Å²) in [5.41, 5.74) is 4.92. The van der Waals surface area contributed by atoms with Crippen molar-refractivity contribution in [3.63, 3.8) is 0 Å². The van der Waals surface area contributed by atoms with E-state index in [1.165, 1.54) is 24.8 Å². The van der Waals surface area contributed by atoms with Crippen molar-refractivity contribution in [1.29, 1.82) is 0 Å². The first-order valence-electron chi connectivity index (χ1n) is 12.6. The molecule has 1 heterocycles. The molecular formula is C32H28FNO4. The van der Waals surface area contributed by atoms with Crippen molar-refractivity contribution in [2.45, 2.75) is 25.5 Å². The number of carbonyl (C=O) groups is 2. The van der Waals surface area contributed by atoms with Gasteiger partial charge in [-0.05, 0) is 65.1 Å². The molecule has 1 amide bonds. The molecule has 0 N–H and O–H groups in total. The number of esters is 1. The van der Waals surface area contributed by atoms with Gasteiger partial charge >= 0.3 is 5.97 Å². The van der Waals surface area contributed by atoms with Crippen molar-refractivity contribution in [3.05, 3.63) is 120 Å². The minimum atomic E-state index is -0.367. The summed E-state index contributed by atoms with van der Waals surface area (Å²) in [6.45, 7) is 0.430. The molecule has 0 radical (unpaired) electrons. The predicted octanol–water partition coefficient (Wildman–Crippen LogP) is 6.73.